The van der Waals surface area contributed by atoms with Crippen molar-refractivity contribution in [2.75, 3.05) is 6.54 Å². The van der Waals surface area contributed by atoms with Crippen LogP contribution >= 0.6 is 0 Å². The van der Waals surface area contributed by atoms with Gasteiger partial charge in [0, 0.05) is 0 Å². The van der Waals surface area contributed by atoms with Gasteiger partial charge in [-0.2, -0.15) is 0 Å². The molecule has 5 heavy (non-hydrogen) atoms. The molecule has 0 bridgehead atoms. The Morgan fingerprint density at radius 3 is 2.40 bits per heavy atom. The smallest absolute Gasteiger partial charge is 0.135 e. The molecule has 0 amide bonds. The molecule has 0 aliphatic rings. The van der Waals surface area contributed by atoms with Crippen molar-refractivity contribution in [3.8, 4) is 0 Å². The molecule has 0 unspecified atom stereocenters. The van der Waals surface area contributed by atoms with E-state index in [1.54, 1.807) is 0 Å². The highest BCUT2D eigenvalue weighted by atomic mass is 28.2. The van der Waals surface area contributed by atoms with E-state index in [4.69, 9.17) is 0 Å². The van der Waals surface area contributed by atoms with E-state index in [1.807, 2.05) is 0 Å². The van der Waals surface area contributed by atoms with E-state index >= 15 is 0 Å². The molecular weight excluding hydrogens is 78.1 g/mol. The lowest BCUT2D eigenvalue weighted by Gasteiger charge is -1.84. The molecule has 0 aliphatic heterocycles. The van der Waals surface area contributed by atoms with Crippen molar-refractivity contribution < 1.29 is 0 Å². The third-order valence-corrected chi connectivity index (χ3v) is 1.06. The summed E-state index contributed by atoms with van der Waals surface area (Å²) >= 11 is 0. The largest absolute Gasteiger partial charge is 0.340 e. The van der Waals surface area contributed by atoms with Crippen LogP contribution in [0.2, 0.25) is 6.55 Å². The summed E-state index contributed by atoms with van der Waals surface area (Å²) in [4.78, 5) is 3.14. The van der Waals surface area contributed by atoms with E-state index in [9.17, 15) is 0 Å². The molecule has 0 fully saturated rings. The van der Waals surface area contributed by atoms with Crippen LogP contribution in [0, 0.1) is 0 Å². The van der Waals surface area contributed by atoms with E-state index in [1.165, 1.54) is 0 Å². The van der Waals surface area contributed by atoms with Gasteiger partial charge < -0.3 is 4.98 Å². The first-order chi connectivity index (χ1) is 2.41. The minimum atomic E-state index is 0.908. The van der Waals surface area contributed by atoms with Crippen LogP contribution in [0.3, 0.4) is 0 Å². The molecule has 0 atom stereocenters. The molecule has 0 aromatic heterocycles. The van der Waals surface area contributed by atoms with Crippen molar-refractivity contribution in [2.45, 2.75) is 13.5 Å². The van der Waals surface area contributed by atoms with E-state index < -0.39 is 0 Å². The maximum Gasteiger partial charge on any atom is 0.135 e. The summed E-state index contributed by atoms with van der Waals surface area (Å²) in [6.07, 6.45) is 0. The summed E-state index contributed by atoms with van der Waals surface area (Å²) in [5, 5.41) is 0. The Bertz CT molecular complexity index is 14.4. The van der Waals surface area contributed by atoms with Crippen molar-refractivity contribution in [3.05, 3.63) is 0 Å². The molecule has 0 saturated heterocycles. The van der Waals surface area contributed by atoms with Gasteiger partial charge in [0.15, 0.2) is 0 Å². The number of rotatable bonds is 2. The van der Waals surface area contributed by atoms with Gasteiger partial charge >= 0.3 is 0 Å². The normalized spacial score (nSPS) is 8.40. The molecule has 1 N–H and O–H groups in total. The topological polar surface area (TPSA) is 12.0 Å². The van der Waals surface area contributed by atoms with Gasteiger partial charge in [0.25, 0.3) is 0 Å². The Labute approximate surface area is 35.7 Å². The highest BCUT2D eigenvalue weighted by Crippen LogP contribution is 1.44. The van der Waals surface area contributed by atoms with E-state index in [0.717, 1.165) is 16.2 Å². The molecule has 0 spiro atoms. The van der Waals surface area contributed by atoms with Gasteiger partial charge in [-0.3, -0.25) is 0 Å². The molecule has 30 valence electrons. The fourth-order valence-corrected chi connectivity index (χ4v) is 0.530. The van der Waals surface area contributed by atoms with Crippen molar-refractivity contribution in [2.24, 2.45) is 0 Å². The SMILES string of the molecule is CCN[Si]C. The van der Waals surface area contributed by atoms with Crippen molar-refractivity contribution in [1.82, 2.24) is 4.98 Å². The number of hydrogen-bond donors (Lipinski definition) is 1. The zero-order chi connectivity index (χ0) is 4.12. The summed E-state index contributed by atoms with van der Waals surface area (Å²) in [5.74, 6) is 0. The van der Waals surface area contributed by atoms with Crippen LogP contribution in [-0.2, 0) is 0 Å². The van der Waals surface area contributed by atoms with Crippen LogP contribution in [0.15, 0.2) is 0 Å². The average molecular weight is 87.2 g/mol. The number of hydrogen-bond acceptors (Lipinski definition) is 1. The predicted octanol–water partition coefficient (Wildman–Crippen LogP) is 0.263. The van der Waals surface area contributed by atoms with Gasteiger partial charge in [-0.1, -0.05) is 13.5 Å². The first kappa shape index (κ1) is 5.18. The molecule has 0 aromatic carbocycles. The van der Waals surface area contributed by atoms with Gasteiger partial charge in [0.1, 0.15) is 9.68 Å². The fraction of sp³-hybridized carbons (Fsp3) is 1.00. The van der Waals surface area contributed by atoms with Crippen molar-refractivity contribution in [1.29, 1.82) is 0 Å². The summed E-state index contributed by atoms with van der Waals surface area (Å²) in [7, 11) is 0.908. The van der Waals surface area contributed by atoms with Gasteiger partial charge in [0.05, 0.1) is 0 Å². The van der Waals surface area contributed by atoms with Crippen LogP contribution in [0.1, 0.15) is 6.92 Å². The third kappa shape index (κ3) is 4.18. The molecule has 1 nitrogen and oxygen atoms in total. The number of nitrogens with one attached hydrogen (secondary N) is 1. The Morgan fingerprint density at radius 1 is 1.80 bits per heavy atom. The zero-order valence-electron chi connectivity index (χ0n) is 3.71. The second kappa shape index (κ2) is 4.18. The van der Waals surface area contributed by atoms with Crippen LogP contribution < -0.4 is 4.98 Å². The second-order valence-electron chi connectivity index (χ2n) is 0.780. The van der Waals surface area contributed by atoms with Gasteiger partial charge in [-0.25, -0.2) is 0 Å². The average Bonchev–Trinajstić information content (AvgIpc) is 1.41. The molecule has 0 aliphatic carbocycles. The summed E-state index contributed by atoms with van der Waals surface area (Å²) in [6.45, 7) is 5.34. The molecule has 0 rings (SSSR count). The lowest BCUT2D eigenvalue weighted by atomic mass is 10.8. The molecule has 0 heterocycles. The Morgan fingerprint density at radius 2 is 2.40 bits per heavy atom. The van der Waals surface area contributed by atoms with E-state index in [2.05, 4.69) is 18.5 Å². The Balaban J connectivity index is 2.19. The lowest BCUT2D eigenvalue weighted by molar-refractivity contribution is 1.01. The summed E-state index contributed by atoms with van der Waals surface area (Å²) in [6, 6.07) is 0. The maximum atomic E-state index is 3.14. The highest BCUT2D eigenvalue weighted by molar-refractivity contribution is 6.29. The van der Waals surface area contributed by atoms with Crippen molar-refractivity contribution >= 4 is 9.68 Å². The molecule has 0 saturated carbocycles. The van der Waals surface area contributed by atoms with Crippen LogP contribution in [0.5, 0.6) is 0 Å². The molecular formula is C3H9NSi. The highest BCUT2D eigenvalue weighted by Gasteiger charge is 1.66. The summed E-state index contributed by atoms with van der Waals surface area (Å²) in [5.41, 5.74) is 0. The standard InChI is InChI=1S/C3H9NSi/c1-3-4-5-2/h4H,3H2,1-2H3. The fourth-order valence-electron chi connectivity index (χ4n) is 0.177. The second-order valence-corrected chi connectivity index (χ2v) is 1.63. The van der Waals surface area contributed by atoms with Crippen LogP contribution in [-0.4, -0.2) is 16.2 Å². The summed E-state index contributed by atoms with van der Waals surface area (Å²) < 4.78 is 0. The maximum absolute atomic E-state index is 3.14. The third-order valence-electron chi connectivity index (χ3n) is 0.354. The van der Waals surface area contributed by atoms with Crippen LogP contribution in [0.25, 0.3) is 0 Å². The van der Waals surface area contributed by atoms with Crippen molar-refractivity contribution in [3.63, 3.8) is 0 Å². The Kier molecular flexibility index (Phi) is 4.32. The molecule has 0 aromatic rings. The quantitative estimate of drug-likeness (QED) is 0.476. The Hall–Kier alpha value is 0.177. The minimum Gasteiger partial charge on any atom is -0.340 e. The van der Waals surface area contributed by atoms with Gasteiger partial charge in [-0.05, 0) is 6.54 Å². The predicted molar refractivity (Wildman–Crippen MR) is 25.3 cm³/mol. The van der Waals surface area contributed by atoms with Gasteiger partial charge in [0.2, 0.25) is 0 Å². The first-order valence-corrected chi connectivity index (χ1v) is 3.31. The molecule has 2 radical (unpaired) electrons. The van der Waals surface area contributed by atoms with Crippen LogP contribution in [0.4, 0.5) is 0 Å². The minimum absolute atomic E-state index is 0.908. The molecule has 2 heteroatoms. The van der Waals surface area contributed by atoms with E-state index in [-0.39, 0.29) is 0 Å². The zero-order valence-corrected chi connectivity index (χ0v) is 4.71. The lowest BCUT2D eigenvalue weighted by Crippen LogP contribution is -2.13. The monoisotopic (exact) mass is 87.1 g/mol. The van der Waals surface area contributed by atoms with Gasteiger partial charge in [-0.15, -0.1) is 0 Å². The van der Waals surface area contributed by atoms with E-state index in [0.29, 0.717) is 0 Å². The first-order valence-electron chi connectivity index (χ1n) is 1.81.